The summed E-state index contributed by atoms with van der Waals surface area (Å²) in [6.45, 7) is 0. The molecule has 0 fully saturated rings. The molecule has 4 nitrogen and oxygen atoms in total. The average molecular weight is 140 g/mol. The molecule has 0 spiro atoms. The first kappa shape index (κ1) is 6.67. The smallest absolute Gasteiger partial charge is 0.271 e. The first-order valence-electron chi connectivity index (χ1n) is 2.84. The number of H-pyrrole nitrogens is 1. The van der Waals surface area contributed by atoms with Crippen molar-refractivity contribution in [2.45, 2.75) is 0 Å². The third-order valence-corrected chi connectivity index (χ3v) is 1.18. The first-order chi connectivity index (χ1) is 4.75. The van der Waals surface area contributed by atoms with Gasteiger partial charge in [0.2, 0.25) is 0 Å². The highest BCUT2D eigenvalue weighted by molar-refractivity contribution is 5.94. The van der Waals surface area contributed by atoms with E-state index in [9.17, 15) is 4.79 Å². The maximum absolute atomic E-state index is 10.8. The zero-order valence-electron chi connectivity index (χ0n) is 5.51. The summed E-state index contributed by atoms with van der Waals surface area (Å²) in [4.78, 5) is 13.4. The van der Waals surface area contributed by atoms with Gasteiger partial charge in [-0.25, -0.2) is 0 Å². The van der Waals surface area contributed by atoms with Gasteiger partial charge in [-0.3, -0.25) is 4.79 Å². The Morgan fingerprint density at radius 1 is 1.80 bits per heavy atom. The average Bonchev–Trinajstić information content (AvgIpc) is 2.34. The van der Waals surface area contributed by atoms with E-state index in [4.69, 9.17) is 5.11 Å². The Balaban J connectivity index is 2.93. The van der Waals surface area contributed by atoms with Crippen molar-refractivity contribution in [3.63, 3.8) is 0 Å². The second kappa shape index (κ2) is 2.43. The number of hydrogen-bond acceptors (Lipinski definition) is 2. The summed E-state index contributed by atoms with van der Waals surface area (Å²) in [7, 11) is 1.50. The number of aromatic nitrogens is 1. The summed E-state index contributed by atoms with van der Waals surface area (Å²) >= 11 is 0. The topological polar surface area (TPSA) is 65.1 Å². The fourth-order valence-corrected chi connectivity index (χ4v) is 0.668. The zero-order chi connectivity index (χ0) is 7.56. The quantitative estimate of drug-likeness (QED) is 0.517. The van der Waals surface area contributed by atoms with Crippen molar-refractivity contribution in [3.8, 4) is 5.75 Å². The summed E-state index contributed by atoms with van der Waals surface area (Å²) in [6.07, 6.45) is 1.50. The molecule has 4 heteroatoms. The standard InChI is InChI=1S/C6H8N2O2/c1-7-6(10)5-4(9)2-3-8-5/h2-3,8-9H,1H3,(H,7,10). The number of carbonyl (C=O) groups excluding carboxylic acids is 1. The molecule has 1 heterocycles. The van der Waals surface area contributed by atoms with Crippen LogP contribution in [0.15, 0.2) is 12.3 Å². The van der Waals surface area contributed by atoms with Gasteiger partial charge in [-0.2, -0.15) is 0 Å². The van der Waals surface area contributed by atoms with Gasteiger partial charge >= 0.3 is 0 Å². The van der Waals surface area contributed by atoms with Crippen molar-refractivity contribution in [1.29, 1.82) is 0 Å². The highest BCUT2D eigenvalue weighted by atomic mass is 16.3. The lowest BCUT2D eigenvalue weighted by Gasteiger charge is -1.94. The molecule has 0 aliphatic carbocycles. The molecule has 0 saturated carbocycles. The van der Waals surface area contributed by atoms with Gasteiger partial charge < -0.3 is 15.4 Å². The third-order valence-electron chi connectivity index (χ3n) is 1.18. The Morgan fingerprint density at radius 3 is 2.90 bits per heavy atom. The van der Waals surface area contributed by atoms with Crippen molar-refractivity contribution in [1.82, 2.24) is 10.3 Å². The summed E-state index contributed by atoms with van der Waals surface area (Å²) in [5, 5.41) is 11.3. The Kier molecular flexibility index (Phi) is 1.62. The van der Waals surface area contributed by atoms with Crippen molar-refractivity contribution in [2.24, 2.45) is 0 Å². The molecule has 0 aromatic carbocycles. The zero-order valence-corrected chi connectivity index (χ0v) is 5.51. The largest absolute Gasteiger partial charge is 0.505 e. The summed E-state index contributed by atoms with van der Waals surface area (Å²) in [5.74, 6) is -0.346. The summed E-state index contributed by atoms with van der Waals surface area (Å²) < 4.78 is 0. The van der Waals surface area contributed by atoms with Crippen molar-refractivity contribution < 1.29 is 9.90 Å². The minimum absolute atomic E-state index is 0.0284. The van der Waals surface area contributed by atoms with E-state index in [1.165, 1.54) is 19.3 Å². The van der Waals surface area contributed by atoms with Crippen LogP contribution < -0.4 is 5.32 Å². The Morgan fingerprint density at radius 2 is 2.50 bits per heavy atom. The van der Waals surface area contributed by atoms with Gasteiger partial charge in [0.15, 0.2) is 0 Å². The Labute approximate surface area is 57.9 Å². The number of rotatable bonds is 1. The SMILES string of the molecule is CNC(=O)c1[nH]ccc1O. The molecular formula is C6H8N2O2. The van der Waals surface area contributed by atoms with Gasteiger partial charge in [0.1, 0.15) is 11.4 Å². The van der Waals surface area contributed by atoms with Crippen LogP contribution in [0.25, 0.3) is 0 Å². The minimum Gasteiger partial charge on any atom is -0.505 e. The van der Waals surface area contributed by atoms with Crippen LogP contribution in [0.3, 0.4) is 0 Å². The molecule has 0 bridgehead atoms. The Hall–Kier alpha value is -1.45. The molecule has 0 aliphatic rings. The van der Waals surface area contributed by atoms with Crippen LogP contribution in [0, 0.1) is 0 Å². The third kappa shape index (κ3) is 0.953. The van der Waals surface area contributed by atoms with E-state index in [0.29, 0.717) is 0 Å². The molecule has 10 heavy (non-hydrogen) atoms. The molecule has 1 aromatic heterocycles. The van der Waals surface area contributed by atoms with E-state index in [1.807, 2.05) is 0 Å². The molecular weight excluding hydrogens is 132 g/mol. The van der Waals surface area contributed by atoms with Crippen molar-refractivity contribution in [2.75, 3.05) is 7.05 Å². The van der Waals surface area contributed by atoms with E-state index >= 15 is 0 Å². The maximum Gasteiger partial charge on any atom is 0.271 e. The maximum atomic E-state index is 10.8. The number of nitrogens with one attached hydrogen (secondary N) is 2. The lowest BCUT2D eigenvalue weighted by molar-refractivity contribution is 0.0956. The number of hydrogen-bond donors (Lipinski definition) is 3. The second-order valence-corrected chi connectivity index (χ2v) is 1.82. The number of carbonyl (C=O) groups is 1. The molecule has 0 saturated heterocycles. The van der Waals surface area contributed by atoms with Gasteiger partial charge in [0, 0.05) is 13.2 Å². The van der Waals surface area contributed by atoms with Crippen LogP contribution in [0.4, 0.5) is 0 Å². The van der Waals surface area contributed by atoms with Gasteiger partial charge in [-0.1, -0.05) is 0 Å². The summed E-state index contributed by atoms with van der Waals surface area (Å²) in [5.41, 5.74) is 0.197. The monoisotopic (exact) mass is 140 g/mol. The summed E-state index contributed by atoms with van der Waals surface area (Å²) in [6, 6.07) is 1.42. The molecule has 1 rings (SSSR count). The van der Waals surface area contributed by atoms with Crippen molar-refractivity contribution in [3.05, 3.63) is 18.0 Å². The molecule has 1 amide bonds. The van der Waals surface area contributed by atoms with E-state index in [-0.39, 0.29) is 17.4 Å². The number of aromatic hydroxyl groups is 1. The van der Waals surface area contributed by atoms with Crippen LogP contribution in [0.5, 0.6) is 5.75 Å². The van der Waals surface area contributed by atoms with Crippen LogP contribution in [-0.4, -0.2) is 23.0 Å². The molecule has 54 valence electrons. The molecule has 0 radical (unpaired) electrons. The van der Waals surface area contributed by atoms with Crippen LogP contribution in [-0.2, 0) is 0 Å². The Bertz CT molecular complexity index is 242. The van der Waals surface area contributed by atoms with Crippen molar-refractivity contribution >= 4 is 5.91 Å². The highest BCUT2D eigenvalue weighted by Crippen LogP contribution is 2.12. The minimum atomic E-state index is -0.317. The predicted octanol–water partition coefficient (Wildman–Crippen LogP) is 0.0799. The molecule has 0 unspecified atom stereocenters. The lowest BCUT2D eigenvalue weighted by Crippen LogP contribution is -2.18. The lowest BCUT2D eigenvalue weighted by atomic mass is 10.4. The predicted molar refractivity (Wildman–Crippen MR) is 35.8 cm³/mol. The van der Waals surface area contributed by atoms with Crippen LogP contribution in [0.2, 0.25) is 0 Å². The van der Waals surface area contributed by atoms with Gasteiger partial charge in [0.05, 0.1) is 0 Å². The van der Waals surface area contributed by atoms with E-state index in [2.05, 4.69) is 10.3 Å². The molecule has 0 aliphatic heterocycles. The van der Waals surface area contributed by atoms with Gasteiger partial charge in [-0.05, 0) is 6.07 Å². The number of amides is 1. The molecule has 3 N–H and O–H groups in total. The van der Waals surface area contributed by atoms with Gasteiger partial charge in [0.25, 0.3) is 5.91 Å². The van der Waals surface area contributed by atoms with Gasteiger partial charge in [-0.15, -0.1) is 0 Å². The van der Waals surface area contributed by atoms with Crippen LogP contribution >= 0.6 is 0 Å². The number of aromatic amines is 1. The van der Waals surface area contributed by atoms with E-state index in [0.717, 1.165) is 0 Å². The molecule has 1 aromatic rings. The first-order valence-corrected chi connectivity index (χ1v) is 2.84. The second-order valence-electron chi connectivity index (χ2n) is 1.82. The van der Waals surface area contributed by atoms with E-state index < -0.39 is 0 Å². The van der Waals surface area contributed by atoms with Crippen LogP contribution in [0.1, 0.15) is 10.5 Å². The fraction of sp³-hybridized carbons (Fsp3) is 0.167. The highest BCUT2D eigenvalue weighted by Gasteiger charge is 2.08. The molecule has 0 atom stereocenters. The fourth-order valence-electron chi connectivity index (χ4n) is 0.668. The van der Waals surface area contributed by atoms with E-state index in [1.54, 1.807) is 0 Å². The normalized spacial score (nSPS) is 9.30.